The average Bonchev–Trinajstić information content (AvgIpc) is 3.27. The predicted octanol–water partition coefficient (Wildman–Crippen LogP) is 4.78. The standard InChI is InChI=1S/C24H20F3N3O4S/c1-15(30-35(32,33)23-13-18-14-28-10-9-22(18)34-23)21(31)7-2-16-8-11-29-20(12-16)17-3-5-19(6-4-17)24(25,26)27/h3-6,8-15,30H,2,7H2,1H3/t15-/m0/s1. The molecule has 3 aromatic heterocycles. The summed E-state index contributed by atoms with van der Waals surface area (Å²) < 4.78 is 71.3. The molecule has 0 aliphatic rings. The highest BCUT2D eigenvalue weighted by atomic mass is 32.2. The van der Waals surface area contributed by atoms with E-state index < -0.39 is 27.8 Å². The SMILES string of the molecule is C[C@H](NS(=O)(=O)c1cc2cnccc2o1)C(=O)CCc1ccnc(-c2ccc(C(F)(F)F)cc2)c1. The number of alkyl halides is 3. The monoisotopic (exact) mass is 503 g/mol. The van der Waals surface area contributed by atoms with Gasteiger partial charge >= 0.3 is 6.18 Å². The van der Waals surface area contributed by atoms with Crippen LogP contribution in [0, 0.1) is 0 Å². The maximum atomic E-state index is 12.8. The Kier molecular flexibility index (Phi) is 6.73. The van der Waals surface area contributed by atoms with Crippen LogP contribution < -0.4 is 4.72 Å². The number of carbonyl (C=O) groups excluding carboxylic acids is 1. The summed E-state index contributed by atoms with van der Waals surface area (Å²) in [6, 6.07) is 9.90. The van der Waals surface area contributed by atoms with Crippen LogP contribution in [0.4, 0.5) is 13.2 Å². The molecule has 0 saturated heterocycles. The van der Waals surface area contributed by atoms with Gasteiger partial charge in [0.05, 0.1) is 17.3 Å². The Morgan fingerprint density at radius 1 is 1.09 bits per heavy atom. The molecule has 7 nitrogen and oxygen atoms in total. The van der Waals surface area contributed by atoms with Crippen molar-refractivity contribution in [2.24, 2.45) is 0 Å². The van der Waals surface area contributed by atoms with E-state index >= 15 is 0 Å². The summed E-state index contributed by atoms with van der Waals surface area (Å²) in [7, 11) is -4.06. The lowest BCUT2D eigenvalue weighted by atomic mass is 10.0. The summed E-state index contributed by atoms with van der Waals surface area (Å²) in [4.78, 5) is 20.7. The number of nitrogens with one attached hydrogen (secondary N) is 1. The van der Waals surface area contributed by atoms with Gasteiger partial charge in [-0.05, 0) is 49.2 Å². The molecule has 1 N–H and O–H groups in total. The Labute approximate surface area is 199 Å². The Morgan fingerprint density at radius 3 is 2.51 bits per heavy atom. The number of pyridine rings is 2. The van der Waals surface area contributed by atoms with Crippen molar-refractivity contribution in [3.05, 3.63) is 78.2 Å². The average molecular weight is 504 g/mol. The molecule has 1 aromatic carbocycles. The lowest BCUT2D eigenvalue weighted by Gasteiger charge is -2.12. The number of aromatic nitrogens is 2. The molecule has 11 heteroatoms. The number of ketones is 1. The number of benzene rings is 1. The molecule has 35 heavy (non-hydrogen) atoms. The largest absolute Gasteiger partial charge is 0.443 e. The van der Waals surface area contributed by atoms with Crippen LogP contribution in [0.3, 0.4) is 0 Å². The van der Waals surface area contributed by atoms with E-state index in [1.165, 1.54) is 49.8 Å². The van der Waals surface area contributed by atoms with Gasteiger partial charge in [0.25, 0.3) is 10.0 Å². The van der Waals surface area contributed by atoms with Crippen molar-refractivity contribution < 1.29 is 30.8 Å². The van der Waals surface area contributed by atoms with Crippen LogP contribution in [0.1, 0.15) is 24.5 Å². The number of furan rings is 1. The summed E-state index contributed by atoms with van der Waals surface area (Å²) in [6.07, 6.45) is 0.384. The molecular formula is C24H20F3N3O4S. The normalized spacial score (nSPS) is 13.1. The molecule has 182 valence electrons. The van der Waals surface area contributed by atoms with Gasteiger partial charge in [0.1, 0.15) is 5.58 Å². The zero-order chi connectivity index (χ0) is 25.2. The van der Waals surface area contributed by atoms with Gasteiger partial charge in [-0.2, -0.15) is 17.9 Å². The molecule has 0 spiro atoms. The zero-order valence-electron chi connectivity index (χ0n) is 18.4. The molecule has 0 bridgehead atoms. The Bertz CT molecular complexity index is 1430. The van der Waals surface area contributed by atoms with Crippen LogP contribution in [0.15, 0.2) is 76.6 Å². The summed E-state index contributed by atoms with van der Waals surface area (Å²) in [5.74, 6) is -0.334. The first-order valence-corrected chi connectivity index (χ1v) is 12.0. The minimum atomic E-state index is -4.42. The fourth-order valence-corrected chi connectivity index (χ4v) is 4.65. The number of carbonyl (C=O) groups is 1. The molecule has 0 unspecified atom stereocenters. The molecule has 0 amide bonds. The van der Waals surface area contributed by atoms with Crippen molar-refractivity contribution in [2.45, 2.75) is 37.1 Å². The van der Waals surface area contributed by atoms with Gasteiger partial charge in [-0.1, -0.05) is 12.1 Å². The van der Waals surface area contributed by atoms with E-state index in [9.17, 15) is 26.4 Å². The Hall–Kier alpha value is -3.57. The van der Waals surface area contributed by atoms with Gasteiger partial charge in [-0.15, -0.1) is 0 Å². The van der Waals surface area contributed by atoms with E-state index in [1.54, 1.807) is 12.1 Å². The highest BCUT2D eigenvalue weighted by Gasteiger charge is 2.30. The fourth-order valence-electron chi connectivity index (χ4n) is 3.45. The van der Waals surface area contributed by atoms with E-state index in [-0.39, 0.29) is 17.3 Å². The summed E-state index contributed by atoms with van der Waals surface area (Å²) >= 11 is 0. The van der Waals surface area contributed by atoms with Gasteiger partial charge in [-0.25, -0.2) is 8.42 Å². The summed E-state index contributed by atoms with van der Waals surface area (Å²) in [6.45, 7) is 1.45. The predicted molar refractivity (Wildman–Crippen MR) is 122 cm³/mol. The van der Waals surface area contributed by atoms with Crippen LogP contribution in [-0.4, -0.2) is 30.2 Å². The number of sulfonamides is 1. The molecule has 3 heterocycles. The first kappa shape index (κ1) is 24.6. The third kappa shape index (κ3) is 5.75. The van der Waals surface area contributed by atoms with Gasteiger partial charge in [0, 0.05) is 42.0 Å². The highest BCUT2D eigenvalue weighted by molar-refractivity contribution is 7.89. The van der Waals surface area contributed by atoms with Gasteiger partial charge < -0.3 is 4.42 Å². The molecule has 0 aliphatic carbocycles. The molecule has 0 radical (unpaired) electrons. The number of nitrogens with zero attached hydrogens (tertiary/aromatic N) is 2. The second-order valence-electron chi connectivity index (χ2n) is 7.91. The molecule has 4 rings (SSSR count). The first-order chi connectivity index (χ1) is 16.5. The molecular weight excluding hydrogens is 483 g/mol. The summed E-state index contributed by atoms with van der Waals surface area (Å²) in [5.41, 5.74) is 1.33. The van der Waals surface area contributed by atoms with Crippen molar-refractivity contribution in [3.63, 3.8) is 0 Å². The molecule has 1 atom stereocenters. The Balaban J connectivity index is 1.39. The maximum absolute atomic E-state index is 12.8. The molecule has 0 fully saturated rings. The van der Waals surface area contributed by atoms with E-state index in [2.05, 4.69) is 14.7 Å². The minimum absolute atomic E-state index is 0.0458. The summed E-state index contributed by atoms with van der Waals surface area (Å²) in [5, 5.41) is 0.212. The second-order valence-corrected chi connectivity index (χ2v) is 9.56. The number of rotatable bonds is 8. The fraction of sp³-hybridized carbons (Fsp3) is 0.208. The van der Waals surface area contributed by atoms with E-state index in [0.29, 0.717) is 28.6 Å². The maximum Gasteiger partial charge on any atom is 0.416 e. The van der Waals surface area contributed by atoms with Crippen molar-refractivity contribution >= 4 is 26.8 Å². The lowest BCUT2D eigenvalue weighted by molar-refractivity contribution is -0.137. The van der Waals surface area contributed by atoms with Crippen LogP contribution >= 0.6 is 0 Å². The molecule has 0 saturated carbocycles. The van der Waals surface area contributed by atoms with Gasteiger partial charge in [0.2, 0.25) is 5.09 Å². The molecule has 0 aliphatic heterocycles. The topological polar surface area (TPSA) is 102 Å². The number of Topliss-reactive ketones (excluding diaryl/α,β-unsaturated/α-hetero) is 1. The van der Waals surface area contributed by atoms with Crippen molar-refractivity contribution in [1.29, 1.82) is 0 Å². The van der Waals surface area contributed by atoms with Crippen molar-refractivity contribution in [1.82, 2.24) is 14.7 Å². The zero-order valence-corrected chi connectivity index (χ0v) is 19.2. The smallest absolute Gasteiger partial charge is 0.416 e. The number of fused-ring (bicyclic) bond motifs is 1. The van der Waals surface area contributed by atoms with Gasteiger partial charge in [0.15, 0.2) is 5.78 Å². The number of hydrogen-bond donors (Lipinski definition) is 1. The van der Waals surface area contributed by atoms with E-state index in [1.807, 2.05) is 0 Å². The number of halogens is 3. The van der Waals surface area contributed by atoms with Crippen molar-refractivity contribution in [3.8, 4) is 11.3 Å². The van der Waals surface area contributed by atoms with Crippen LogP contribution in [-0.2, 0) is 27.4 Å². The second kappa shape index (κ2) is 9.59. The molecule has 4 aromatic rings. The highest BCUT2D eigenvalue weighted by Crippen LogP contribution is 2.30. The number of hydrogen-bond acceptors (Lipinski definition) is 6. The third-order valence-corrected chi connectivity index (χ3v) is 6.76. The van der Waals surface area contributed by atoms with E-state index in [0.717, 1.165) is 17.7 Å². The van der Waals surface area contributed by atoms with Crippen LogP contribution in [0.5, 0.6) is 0 Å². The number of aryl methyl sites for hydroxylation is 1. The van der Waals surface area contributed by atoms with E-state index in [4.69, 9.17) is 4.42 Å². The third-order valence-electron chi connectivity index (χ3n) is 5.37. The lowest BCUT2D eigenvalue weighted by Crippen LogP contribution is -2.38. The van der Waals surface area contributed by atoms with Crippen LogP contribution in [0.25, 0.3) is 22.2 Å². The quantitative estimate of drug-likeness (QED) is 0.371. The van der Waals surface area contributed by atoms with Gasteiger partial charge in [-0.3, -0.25) is 14.8 Å². The first-order valence-electron chi connectivity index (χ1n) is 10.5. The minimum Gasteiger partial charge on any atom is -0.443 e. The van der Waals surface area contributed by atoms with Crippen molar-refractivity contribution in [2.75, 3.05) is 0 Å². The van der Waals surface area contributed by atoms with Crippen LogP contribution in [0.2, 0.25) is 0 Å². The Morgan fingerprint density at radius 2 is 1.83 bits per heavy atom.